The van der Waals surface area contributed by atoms with Gasteiger partial charge in [0.15, 0.2) is 0 Å². The van der Waals surface area contributed by atoms with Crippen LogP contribution in [0, 0.1) is 6.92 Å². The van der Waals surface area contributed by atoms with Gasteiger partial charge in [0.05, 0.1) is 23.4 Å². The Labute approximate surface area is 194 Å². The Bertz CT molecular complexity index is 1260. The maximum atomic E-state index is 13.2. The van der Waals surface area contributed by atoms with Gasteiger partial charge in [0.25, 0.3) is 11.7 Å². The van der Waals surface area contributed by atoms with Crippen molar-refractivity contribution >= 4 is 46.3 Å². The first-order valence-electron chi connectivity index (χ1n) is 9.65. The minimum atomic E-state index is -0.949. The molecule has 0 bridgehead atoms. The van der Waals surface area contributed by atoms with Gasteiger partial charge in [0.1, 0.15) is 17.6 Å². The number of amides is 1. The number of nitrogens with zero attached hydrogens (tertiary/aromatic N) is 2. The van der Waals surface area contributed by atoms with Gasteiger partial charge >= 0.3 is 0 Å². The van der Waals surface area contributed by atoms with Crippen LogP contribution in [0.2, 0.25) is 10.0 Å². The standard InChI is InChI=1S/C24H18Cl2N2O4/c1-13-6-8-15(25)12-18(13)28-21(17-5-3-4-10-27-17)20(23(30)24(28)31)22(29)14-7-9-16(26)19(11-14)32-2/h3-12,21,29H,1-2H3/b22-20+. The number of aromatic nitrogens is 1. The van der Waals surface area contributed by atoms with E-state index in [1.54, 1.807) is 54.7 Å². The Morgan fingerprint density at radius 1 is 1.09 bits per heavy atom. The molecule has 4 rings (SSSR count). The molecule has 1 saturated heterocycles. The molecule has 1 atom stereocenters. The number of hydrogen-bond acceptors (Lipinski definition) is 5. The number of carbonyl (C=O) groups is 2. The molecule has 1 aliphatic heterocycles. The fourth-order valence-electron chi connectivity index (χ4n) is 3.70. The van der Waals surface area contributed by atoms with Crippen LogP contribution in [-0.2, 0) is 9.59 Å². The van der Waals surface area contributed by atoms with E-state index in [1.165, 1.54) is 18.1 Å². The van der Waals surface area contributed by atoms with Crippen molar-refractivity contribution in [1.29, 1.82) is 0 Å². The van der Waals surface area contributed by atoms with E-state index in [2.05, 4.69) is 4.98 Å². The van der Waals surface area contributed by atoms with Crippen molar-refractivity contribution in [2.75, 3.05) is 12.0 Å². The second kappa shape index (κ2) is 8.65. The van der Waals surface area contributed by atoms with E-state index in [4.69, 9.17) is 27.9 Å². The Morgan fingerprint density at radius 2 is 1.88 bits per heavy atom. The lowest BCUT2D eigenvalue weighted by Crippen LogP contribution is -2.30. The molecule has 1 aliphatic rings. The van der Waals surface area contributed by atoms with E-state index >= 15 is 0 Å². The van der Waals surface area contributed by atoms with Crippen LogP contribution < -0.4 is 9.64 Å². The average Bonchev–Trinajstić information content (AvgIpc) is 3.06. The molecule has 1 fully saturated rings. The summed E-state index contributed by atoms with van der Waals surface area (Å²) in [7, 11) is 1.44. The average molecular weight is 469 g/mol. The smallest absolute Gasteiger partial charge is 0.300 e. The van der Waals surface area contributed by atoms with Crippen LogP contribution in [-0.4, -0.2) is 28.9 Å². The molecule has 162 valence electrons. The molecule has 3 aromatic rings. The zero-order valence-electron chi connectivity index (χ0n) is 17.2. The highest BCUT2D eigenvalue weighted by Gasteiger charge is 2.48. The molecule has 1 amide bonds. The largest absolute Gasteiger partial charge is 0.507 e. The van der Waals surface area contributed by atoms with Crippen LogP contribution in [0.25, 0.3) is 5.76 Å². The second-order valence-corrected chi connectivity index (χ2v) is 8.05. The number of carbonyl (C=O) groups excluding carboxylic acids is 2. The normalized spacial score (nSPS) is 17.6. The van der Waals surface area contributed by atoms with Crippen molar-refractivity contribution in [1.82, 2.24) is 4.98 Å². The van der Waals surface area contributed by atoms with Gasteiger partial charge < -0.3 is 9.84 Å². The lowest BCUT2D eigenvalue weighted by atomic mass is 9.98. The van der Waals surface area contributed by atoms with Crippen LogP contribution in [0.15, 0.2) is 66.4 Å². The third-order valence-corrected chi connectivity index (χ3v) is 5.81. The lowest BCUT2D eigenvalue weighted by Gasteiger charge is -2.26. The Kier molecular flexibility index (Phi) is 5.91. The molecule has 32 heavy (non-hydrogen) atoms. The number of ketones is 1. The second-order valence-electron chi connectivity index (χ2n) is 7.20. The summed E-state index contributed by atoms with van der Waals surface area (Å²) < 4.78 is 5.22. The third kappa shape index (κ3) is 3.72. The number of aliphatic hydroxyl groups is 1. The maximum Gasteiger partial charge on any atom is 0.300 e. The Morgan fingerprint density at radius 3 is 2.56 bits per heavy atom. The first-order chi connectivity index (χ1) is 15.3. The van der Waals surface area contributed by atoms with Gasteiger partial charge in [0, 0.05) is 22.5 Å². The van der Waals surface area contributed by atoms with E-state index in [-0.39, 0.29) is 16.9 Å². The predicted octanol–water partition coefficient (Wildman–Crippen LogP) is 5.33. The van der Waals surface area contributed by atoms with Crippen LogP contribution in [0.4, 0.5) is 5.69 Å². The molecule has 0 saturated carbocycles. The minimum Gasteiger partial charge on any atom is -0.507 e. The van der Waals surface area contributed by atoms with Gasteiger partial charge in [-0.1, -0.05) is 35.3 Å². The van der Waals surface area contributed by atoms with Crippen molar-refractivity contribution in [2.24, 2.45) is 0 Å². The van der Waals surface area contributed by atoms with Gasteiger partial charge in [-0.05, 0) is 55.0 Å². The van der Waals surface area contributed by atoms with Crippen molar-refractivity contribution in [3.63, 3.8) is 0 Å². The molecular formula is C24H18Cl2N2O4. The molecule has 8 heteroatoms. The zero-order chi connectivity index (χ0) is 23.0. The molecular weight excluding hydrogens is 451 g/mol. The highest BCUT2D eigenvalue weighted by molar-refractivity contribution is 6.52. The molecule has 2 heterocycles. The summed E-state index contributed by atoms with van der Waals surface area (Å²) in [6, 6.07) is 13.9. The van der Waals surface area contributed by atoms with E-state index in [0.29, 0.717) is 27.2 Å². The molecule has 1 aromatic heterocycles. The highest BCUT2D eigenvalue weighted by atomic mass is 35.5. The fourth-order valence-corrected chi connectivity index (χ4v) is 4.06. The topological polar surface area (TPSA) is 79.7 Å². The van der Waals surface area contributed by atoms with Gasteiger partial charge in [-0.2, -0.15) is 0 Å². The quantitative estimate of drug-likeness (QED) is 0.317. The molecule has 0 spiro atoms. The summed E-state index contributed by atoms with van der Waals surface area (Å²) in [6.07, 6.45) is 1.56. The molecule has 0 radical (unpaired) electrons. The first kappa shape index (κ1) is 21.9. The predicted molar refractivity (Wildman–Crippen MR) is 123 cm³/mol. The summed E-state index contributed by atoms with van der Waals surface area (Å²) in [5.41, 5.74) is 1.83. The van der Waals surface area contributed by atoms with Crippen molar-refractivity contribution < 1.29 is 19.4 Å². The number of methoxy groups -OCH3 is 1. The number of hydrogen-bond donors (Lipinski definition) is 1. The van der Waals surface area contributed by atoms with Crippen LogP contribution >= 0.6 is 23.2 Å². The van der Waals surface area contributed by atoms with Crippen LogP contribution in [0.1, 0.15) is 22.9 Å². The molecule has 1 N–H and O–H groups in total. The van der Waals surface area contributed by atoms with E-state index < -0.39 is 17.7 Å². The van der Waals surface area contributed by atoms with E-state index in [9.17, 15) is 14.7 Å². The minimum absolute atomic E-state index is 0.0857. The lowest BCUT2D eigenvalue weighted by molar-refractivity contribution is -0.132. The van der Waals surface area contributed by atoms with Crippen LogP contribution in [0.5, 0.6) is 5.75 Å². The summed E-state index contributed by atoms with van der Waals surface area (Å²) in [6.45, 7) is 1.81. The Hall–Kier alpha value is -3.35. The fraction of sp³-hybridized carbons (Fsp3) is 0.125. The molecule has 0 aliphatic carbocycles. The van der Waals surface area contributed by atoms with Gasteiger partial charge in [-0.15, -0.1) is 0 Å². The number of Topliss-reactive ketones (excluding diaryl/α,β-unsaturated/α-hetero) is 1. The number of benzene rings is 2. The number of rotatable bonds is 4. The van der Waals surface area contributed by atoms with Crippen molar-refractivity contribution in [3.05, 3.63) is 93.2 Å². The third-order valence-electron chi connectivity index (χ3n) is 5.27. The van der Waals surface area contributed by atoms with E-state index in [1.807, 2.05) is 6.92 Å². The van der Waals surface area contributed by atoms with Gasteiger partial charge in [0.2, 0.25) is 0 Å². The van der Waals surface area contributed by atoms with Crippen LogP contribution in [0.3, 0.4) is 0 Å². The number of pyridine rings is 1. The number of halogens is 2. The maximum absolute atomic E-state index is 13.2. The molecule has 1 unspecified atom stereocenters. The summed E-state index contributed by atoms with van der Waals surface area (Å²) in [5, 5.41) is 11.9. The number of ether oxygens (including phenoxy) is 1. The molecule has 6 nitrogen and oxygen atoms in total. The van der Waals surface area contributed by atoms with E-state index in [0.717, 1.165) is 5.56 Å². The molecule has 2 aromatic carbocycles. The van der Waals surface area contributed by atoms with Crippen molar-refractivity contribution in [3.8, 4) is 5.75 Å². The monoisotopic (exact) mass is 468 g/mol. The van der Waals surface area contributed by atoms with Gasteiger partial charge in [-0.3, -0.25) is 19.5 Å². The van der Waals surface area contributed by atoms with Gasteiger partial charge in [-0.25, -0.2) is 0 Å². The SMILES string of the molecule is COc1cc(/C(O)=C2\C(=O)C(=O)N(c3cc(Cl)ccc3C)C2c2ccccn2)ccc1Cl. The number of aryl methyl sites for hydroxylation is 1. The zero-order valence-corrected chi connectivity index (χ0v) is 18.7. The van der Waals surface area contributed by atoms with Crippen molar-refractivity contribution in [2.45, 2.75) is 13.0 Å². The summed E-state index contributed by atoms with van der Waals surface area (Å²) >= 11 is 12.3. The Balaban J connectivity index is 1.97. The summed E-state index contributed by atoms with van der Waals surface area (Å²) in [4.78, 5) is 32.1. The number of anilines is 1. The number of aliphatic hydroxyl groups excluding tert-OH is 1. The summed E-state index contributed by atoms with van der Waals surface area (Å²) in [5.74, 6) is -1.64. The first-order valence-corrected chi connectivity index (χ1v) is 10.4. The highest BCUT2D eigenvalue weighted by Crippen LogP contribution is 2.43.